The Bertz CT molecular complexity index is 1750. The second kappa shape index (κ2) is 11.7. The molecule has 40 heavy (non-hydrogen) atoms. The first-order valence-electron chi connectivity index (χ1n) is 12.2. The highest BCUT2D eigenvalue weighted by molar-refractivity contribution is 7.18. The summed E-state index contributed by atoms with van der Waals surface area (Å²) in [7, 11) is 1.46. The molecule has 0 radical (unpaired) electrons. The first kappa shape index (κ1) is 28.5. The van der Waals surface area contributed by atoms with E-state index in [1.54, 1.807) is 62.4 Å². The molecule has 2 aromatic carbocycles. The van der Waals surface area contributed by atoms with Crippen LogP contribution in [0.1, 0.15) is 45.1 Å². The maximum Gasteiger partial charge on any atom is 0.356 e. The number of nitrogens with one attached hydrogen (secondary N) is 1. The van der Waals surface area contributed by atoms with Gasteiger partial charge in [0.15, 0.2) is 6.10 Å². The van der Waals surface area contributed by atoms with Crippen molar-refractivity contribution in [1.29, 1.82) is 5.26 Å². The predicted octanol–water partition coefficient (Wildman–Crippen LogP) is 5.46. The van der Waals surface area contributed by atoms with Crippen LogP contribution in [0.15, 0.2) is 53.3 Å². The Morgan fingerprint density at radius 2 is 1.75 bits per heavy atom. The van der Waals surface area contributed by atoms with Gasteiger partial charge >= 0.3 is 11.9 Å². The number of pyridine rings is 1. The number of esters is 2. The average molecular weight is 578 g/mol. The van der Waals surface area contributed by atoms with Gasteiger partial charge in [-0.25, -0.2) is 9.59 Å². The van der Waals surface area contributed by atoms with Crippen molar-refractivity contribution in [2.45, 2.75) is 26.9 Å². The molecule has 0 bridgehead atoms. The molecule has 1 N–H and O–H groups in total. The quantitative estimate of drug-likeness (QED) is 0.289. The molecular weight excluding hydrogens is 554 g/mol. The molecule has 4 rings (SSSR count). The Morgan fingerprint density at radius 1 is 1.10 bits per heavy atom. The van der Waals surface area contributed by atoms with E-state index in [4.69, 9.17) is 21.1 Å². The van der Waals surface area contributed by atoms with Crippen LogP contribution in [0.5, 0.6) is 0 Å². The fourth-order valence-electron chi connectivity index (χ4n) is 4.22. The number of hydrogen-bond donors (Lipinski definition) is 1. The van der Waals surface area contributed by atoms with E-state index in [1.165, 1.54) is 18.5 Å². The summed E-state index contributed by atoms with van der Waals surface area (Å²) in [5.74, 6) is -2.22. The van der Waals surface area contributed by atoms with E-state index < -0.39 is 29.5 Å². The van der Waals surface area contributed by atoms with E-state index in [-0.39, 0.29) is 27.7 Å². The van der Waals surface area contributed by atoms with Crippen LogP contribution in [0.4, 0.5) is 5.00 Å². The van der Waals surface area contributed by atoms with Gasteiger partial charge in [0.1, 0.15) is 21.6 Å². The van der Waals surface area contributed by atoms with Gasteiger partial charge in [0.05, 0.1) is 12.2 Å². The van der Waals surface area contributed by atoms with Crippen molar-refractivity contribution in [3.8, 4) is 17.2 Å². The first-order chi connectivity index (χ1) is 19.1. The Hall–Kier alpha value is -4.46. The van der Waals surface area contributed by atoms with Crippen molar-refractivity contribution in [3.63, 3.8) is 0 Å². The highest BCUT2D eigenvalue weighted by Gasteiger charge is 2.28. The maximum absolute atomic E-state index is 13.5. The largest absolute Gasteiger partial charge is 0.462 e. The Morgan fingerprint density at radius 3 is 2.38 bits per heavy atom. The van der Waals surface area contributed by atoms with Crippen molar-refractivity contribution in [2.24, 2.45) is 7.05 Å². The first-order valence-corrected chi connectivity index (χ1v) is 13.4. The fraction of sp³-hybridized carbons (Fsp3) is 0.207. The molecular formula is C29H24ClN3O6S. The number of aromatic nitrogens is 1. The number of fused-ring (bicyclic) bond motifs is 1. The lowest BCUT2D eigenvalue weighted by Gasteiger charge is -2.19. The molecule has 11 heteroatoms. The third kappa shape index (κ3) is 5.34. The van der Waals surface area contributed by atoms with Crippen molar-refractivity contribution >= 4 is 56.6 Å². The van der Waals surface area contributed by atoms with Crippen LogP contribution in [-0.2, 0) is 21.3 Å². The molecule has 4 aromatic rings. The number of carbonyl (C=O) groups is 3. The monoisotopic (exact) mass is 577 g/mol. The molecule has 0 aliphatic rings. The number of amides is 1. The third-order valence-corrected chi connectivity index (χ3v) is 7.68. The molecule has 2 aromatic heterocycles. The van der Waals surface area contributed by atoms with E-state index in [2.05, 4.69) is 5.32 Å². The molecule has 0 fully saturated rings. The van der Waals surface area contributed by atoms with Gasteiger partial charge in [-0.1, -0.05) is 41.9 Å². The minimum atomic E-state index is -1.31. The van der Waals surface area contributed by atoms with Gasteiger partial charge in [-0.15, -0.1) is 11.3 Å². The molecule has 0 aliphatic carbocycles. The average Bonchev–Trinajstić information content (AvgIpc) is 3.25. The lowest BCUT2D eigenvalue weighted by atomic mass is 9.96. The van der Waals surface area contributed by atoms with Gasteiger partial charge in [0, 0.05) is 23.0 Å². The normalized spacial score (nSPS) is 11.5. The summed E-state index contributed by atoms with van der Waals surface area (Å²) >= 11 is 6.98. The number of anilines is 1. The van der Waals surface area contributed by atoms with Crippen LogP contribution < -0.4 is 10.9 Å². The Kier molecular flexibility index (Phi) is 8.38. The standard InChI is InChI=1S/C29H24ClN3O6S/c1-5-38-29(37)24-15(2)21(14-31)26(40-24)32-25(34)16(3)39-28(36)23-22(17-10-12-18(30)13-11-17)19-8-6-7-9-20(19)27(35)33(23)4/h6-13,16H,5H2,1-4H3,(H,32,34). The minimum Gasteiger partial charge on any atom is -0.462 e. The molecule has 0 spiro atoms. The highest BCUT2D eigenvalue weighted by Crippen LogP contribution is 2.34. The van der Waals surface area contributed by atoms with Crippen LogP contribution in [0, 0.1) is 18.3 Å². The summed E-state index contributed by atoms with van der Waals surface area (Å²) in [4.78, 5) is 52.2. The number of hydrogen-bond acceptors (Lipinski definition) is 8. The number of thiophene rings is 1. The molecule has 2 heterocycles. The number of halogens is 1. The third-order valence-electron chi connectivity index (χ3n) is 6.24. The van der Waals surface area contributed by atoms with Crippen molar-refractivity contribution in [1.82, 2.24) is 4.57 Å². The molecule has 0 saturated heterocycles. The van der Waals surface area contributed by atoms with Crippen LogP contribution >= 0.6 is 22.9 Å². The summed E-state index contributed by atoms with van der Waals surface area (Å²) in [6.45, 7) is 4.77. The van der Waals surface area contributed by atoms with Gasteiger partial charge in [-0.2, -0.15) is 5.26 Å². The van der Waals surface area contributed by atoms with E-state index in [0.29, 0.717) is 32.5 Å². The van der Waals surface area contributed by atoms with E-state index in [0.717, 1.165) is 11.3 Å². The summed E-state index contributed by atoms with van der Waals surface area (Å²) in [6.07, 6.45) is -1.31. The molecule has 0 saturated carbocycles. The number of ether oxygens (including phenoxy) is 2. The van der Waals surface area contributed by atoms with Gasteiger partial charge in [0.25, 0.3) is 11.5 Å². The molecule has 1 amide bonds. The zero-order valence-corrected chi connectivity index (χ0v) is 23.6. The van der Waals surface area contributed by atoms with E-state index >= 15 is 0 Å². The Labute approximate surface area is 238 Å². The van der Waals surface area contributed by atoms with Crippen LogP contribution in [0.3, 0.4) is 0 Å². The van der Waals surface area contributed by atoms with Crippen LogP contribution in [0.25, 0.3) is 21.9 Å². The SMILES string of the molecule is CCOC(=O)c1sc(NC(=O)C(C)OC(=O)c2c(-c3ccc(Cl)cc3)c3ccccc3c(=O)n2C)c(C#N)c1C. The molecule has 0 aliphatic heterocycles. The maximum atomic E-state index is 13.5. The minimum absolute atomic E-state index is 0.0417. The summed E-state index contributed by atoms with van der Waals surface area (Å²) < 4.78 is 11.8. The topological polar surface area (TPSA) is 127 Å². The second-order valence-corrected chi connectivity index (χ2v) is 10.2. The van der Waals surface area contributed by atoms with Gasteiger partial charge < -0.3 is 19.4 Å². The number of carbonyl (C=O) groups excluding carboxylic acids is 3. The Balaban J connectivity index is 1.69. The van der Waals surface area contributed by atoms with Crippen molar-refractivity contribution in [3.05, 3.63) is 85.6 Å². The smallest absolute Gasteiger partial charge is 0.356 e. The zero-order chi connectivity index (χ0) is 29.1. The summed E-state index contributed by atoms with van der Waals surface area (Å²) in [5.41, 5.74) is 1.12. The lowest BCUT2D eigenvalue weighted by Crippen LogP contribution is -2.32. The number of benzene rings is 2. The summed E-state index contributed by atoms with van der Waals surface area (Å²) in [5, 5.41) is 13.8. The fourth-order valence-corrected chi connectivity index (χ4v) is 5.40. The predicted molar refractivity (Wildman–Crippen MR) is 153 cm³/mol. The number of rotatable bonds is 7. The molecule has 9 nitrogen and oxygen atoms in total. The number of nitrogens with zero attached hydrogens (tertiary/aromatic N) is 2. The van der Waals surface area contributed by atoms with Gasteiger partial charge in [-0.3, -0.25) is 9.59 Å². The van der Waals surface area contributed by atoms with Crippen molar-refractivity contribution in [2.75, 3.05) is 11.9 Å². The van der Waals surface area contributed by atoms with Gasteiger partial charge in [0.2, 0.25) is 0 Å². The molecule has 1 atom stereocenters. The van der Waals surface area contributed by atoms with Crippen LogP contribution in [0.2, 0.25) is 5.02 Å². The molecule has 1 unspecified atom stereocenters. The summed E-state index contributed by atoms with van der Waals surface area (Å²) in [6, 6.07) is 15.7. The zero-order valence-electron chi connectivity index (χ0n) is 22.0. The van der Waals surface area contributed by atoms with Crippen LogP contribution in [-0.4, -0.2) is 35.1 Å². The molecule has 204 valence electrons. The second-order valence-electron chi connectivity index (χ2n) is 8.77. The lowest BCUT2D eigenvalue weighted by molar-refractivity contribution is -0.123. The van der Waals surface area contributed by atoms with E-state index in [9.17, 15) is 24.4 Å². The van der Waals surface area contributed by atoms with Gasteiger partial charge in [-0.05, 0) is 55.5 Å². The number of nitriles is 1. The highest BCUT2D eigenvalue weighted by atomic mass is 35.5. The van der Waals surface area contributed by atoms with Crippen molar-refractivity contribution < 1.29 is 23.9 Å². The van der Waals surface area contributed by atoms with E-state index in [1.807, 2.05) is 6.07 Å².